The highest BCUT2D eigenvalue weighted by Crippen LogP contribution is 2.52. The van der Waals surface area contributed by atoms with Gasteiger partial charge < -0.3 is 9.80 Å². The van der Waals surface area contributed by atoms with E-state index in [1.165, 1.54) is 27.9 Å². The topological polar surface area (TPSA) is 19.4 Å². The van der Waals surface area contributed by atoms with Crippen LogP contribution in [0.4, 0.5) is 28.4 Å². The molecule has 7 rings (SSSR count). The van der Waals surface area contributed by atoms with Gasteiger partial charge in [0.15, 0.2) is 0 Å². The zero-order chi connectivity index (χ0) is 27.8. The van der Waals surface area contributed by atoms with Crippen molar-refractivity contribution in [1.29, 1.82) is 0 Å². The van der Waals surface area contributed by atoms with Crippen LogP contribution >= 0.6 is 0 Å². The Morgan fingerprint density at radius 1 is 0.610 bits per heavy atom. The van der Waals surface area contributed by atoms with E-state index < -0.39 is 0 Å². The Bertz CT molecular complexity index is 1830. The van der Waals surface area contributed by atoms with E-state index in [1.54, 1.807) is 0 Å². The summed E-state index contributed by atoms with van der Waals surface area (Å²) in [5.41, 5.74) is 9.29. The number of para-hydroxylation sites is 3. The summed E-state index contributed by atoms with van der Waals surface area (Å²) >= 11 is 0. The molecule has 1 aromatic heterocycles. The van der Waals surface area contributed by atoms with Crippen LogP contribution in [0.1, 0.15) is 30.5 Å². The molecule has 0 bridgehead atoms. The van der Waals surface area contributed by atoms with E-state index in [9.17, 15) is 0 Å². The number of benzene rings is 5. The summed E-state index contributed by atoms with van der Waals surface area (Å²) in [6, 6.07) is 45.1. The van der Waals surface area contributed by atoms with Crippen LogP contribution in [0, 0.1) is 0 Å². The minimum atomic E-state index is -0.178. The summed E-state index contributed by atoms with van der Waals surface area (Å²) in [7, 11) is 0. The highest BCUT2D eigenvalue weighted by Gasteiger charge is 2.37. The molecule has 0 atom stereocenters. The van der Waals surface area contributed by atoms with Crippen molar-refractivity contribution in [3.05, 3.63) is 163 Å². The monoisotopic (exact) mass is 529 g/mol. The maximum atomic E-state index is 4.64. The lowest BCUT2D eigenvalue weighted by Crippen LogP contribution is -2.30. The van der Waals surface area contributed by atoms with Crippen LogP contribution in [0.2, 0.25) is 0 Å². The van der Waals surface area contributed by atoms with Crippen LogP contribution in [0.15, 0.2) is 146 Å². The Labute approximate surface area is 241 Å². The van der Waals surface area contributed by atoms with Crippen molar-refractivity contribution in [1.82, 2.24) is 4.98 Å². The summed E-state index contributed by atoms with van der Waals surface area (Å²) < 4.78 is 0. The molecule has 0 radical (unpaired) electrons. The van der Waals surface area contributed by atoms with Crippen LogP contribution in [0.25, 0.3) is 16.8 Å². The molecule has 0 saturated heterocycles. The van der Waals surface area contributed by atoms with Crippen LogP contribution < -0.4 is 9.80 Å². The second-order valence-electron chi connectivity index (χ2n) is 11.0. The van der Waals surface area contributed by atoms with E-state index in [0.717, 1.165) is 28.0 Å². The van der Waals surface area contributed by atoms with Gasteiger partial charge in [0.2, 0.25) is 0 Å². The Balaban J connectivity index is 1.36. The normalized spacial score (nSPS) is 13.7. The fourth-order valence-electron chi connectivity index (χ4n) is 6.02. The molecule has 41 heavy (non-hydrogen) atoms. The van der Waals surface area contributed by atoms with E-state index in [-0.39, 0.29) is 5.41 Å². The van der Waals surface area contributed by atoms with Gasteiger partial charge in [0.1, 0.15) is 0 Å². The lowest BCUT2D eigenvalue weighted by molar-refractivity contribution is 0.632. The molecule has 1 aliphatic heterocycles. The number of anilines is 5. The fourth-order valence-corrected chi connectivity index (χ4v) is 6.02. The van der Waals surface area contributed by atoms with Gasteiger partial charge in [-0.2, -0.15) is 0 Å². The predicted octanol–water partition coefficient (Wildman–Crippen LogP) is 10.2. The molecule has 198 valence electrons. The molecular weight excluding hydrogens is 498 g/mol. The average molecular weight is 530 g/mol. The van der Waals surface area contributed by atoms with Crippen LogP contribution in [-0.4, -0.2) is 4.98 Å². The third-order valence-electron chi connectivity index (χ3n) is 8.13. The highest BCUT2D eigenvalue weighted by atomic mass is 15.2. The van der Waals surface area contributed by atoms with Crippen molar-refractivity contribution in [3.63, 3.8) is 0 Å². The average Bonchev–Trinajstić information content (AvgIpc) is 3.03. The number of rotatable bonds is 5. The van der Waals surface area contributed by atoms with Gasteiger partial charge in [-0.05, 0) is 65.2 Å². The van der Waals surface area contributed by atoms with Crippen LogP contribution in [0.5, 0.6) is 0 Å². The van der Waals surface area contributed by atoms with Crippen molar-refractivity contribution in [2.75, 3.05) is 9.80 Å². The van der Waals surface area contributed by atoms with Gasteiger partial charge in [0.25, 0.3) is 0 Å². The van der Waals surface area contributed by atoms with Crippen LogP contribution in [0.3, 0.4) is 0 Å². The molecule has 3 heteroatoms. The second-order valence-corrected chi connectivity index (χ2v) is 11.0. The first-order chi connectivity index (χ1) is 20.1. The van der Waals surface area contributed by atoms with Crippen LogP contribution in [-0.2, 0) is 5.41 Å². The van der Waals surface area contributed by atoms with Gasteiger partial charge in [-0.3, -0.25) is 4.98 Å². The molecule has 0 fully saturated rings. The molecule has 0 aliphatic carbocycles. The van der Waals surface area contributed by atoms with Crippen molar-refractivity contribution < 1.29 is 0 Å². The third-order valence-corrected chi connectivity index (χ3v) is 8.13. The molecule has 1 aliphatic rings. The summed E-state index contributed by atoms with van der Waals surface area (Å²) in [6.45, 7) is 4.66. The van der Waals surface area contributed by atoms with E-state index in [4.69, 9.17) is 0 Å². The summed E-state index contributed by atoms with van der Waals surface area (Å²) in [5.74, 6) is 0. The van der Waals surface area contributed by atoms with Gasteiger partial charge in [-0.1, -0.05) is 98.8 Å². The number of aromatic nitrogens is 1. The third kappa shape index (κ3) is 4.36. The number of hydrogen-bond acceptors (Lipinski definition) is 3. The van der Waals surface area contributed by atoms with Gasteiger partial charge in [-0.25, -0.2) is 0 Å². The predicted molar refractivity (Wildman–Crippen MR) is 173 cm³/mol. The number of fused-ring (bicyclic) bond motifs is 3. The lowest BCUT2D eigenvalue weighted by Gasteiger charge is -2.42. The minimum Gasteiger partial charge on any atom is -0.317 e. The summed E-state index contributed by atoms with van der Waals surface area (Å²) in [6.07, 6.45) is 8.31. The first-order valence-electron chi connectivity index (χ1n) is 14.1. The smallest absolute Gasteiger partial charge is 0.0723 e. The van der Waals surface area contributed by atoms with E-state index in [2.05, 4.69) is 168 Å². The van der Waals surface area contributed by atoms with Crippen molar-refractivity contribution >= 4 is 45.3 Å². The Morgan fingerprint density at radius 3 is 2.00 bits per heavy atom. The molecule has 3 nitrogen and oxygen atoms in total. The Hall–Kier alpha value is -5.15. The Morgan fingerprint density at radius 2 is 1.24 bits per heavy atom. The molecular formula is C38H31N3. The quantitative estimate of drug-likeness (QED) is 0.221. The van der Waals surface area contributed by atoms with Gasteiger partial charge in [-0.15, -0.1) is 0 Å². The zero-order valence-corrected chi connectivity index (χ0v) is 23.3. The SMILES string of the molecule is CC1(C)c2ccccc2N(c2cncc3ccccc23)c2ccc(/C=C/N(c3ccccc3)c3ccccc3)cc21. The first-order valence-corrected chi connectivity index (χ1v) is 14.1. The fraction of sp³-hybridized carbons (Fsp3) is 0.0789. The second kappa shape index (κ2) is 10.1. The minimum absolute atomic E-state index is 0.178. The van der Waals surface area contributed by atoms with Crippen molar-refractivity contribution in [3.8, 4) is 0 Å². The van der Waals surface area contributed by atoms with E-state index >= 15 is 0 Å². The van der Waals surface area contributed by atoms with Crippen molar-refractivity contribution in [2.45, 2.75) is 19.3 Å². The number of pyridine rings is 1. The molecule has 0 N–H and O–H groups in total. The van der Waals surface area contributed by atoms with E-state index in [1.807, 2.05) is 12.4 Å². The summed E-state index contributed by atoms with van der Waals surface area (Å²) in [4.78, 5) is 9.25. The number of hydrogen-bond donors (Lipinski definition) is 0. The molecule has 0 amide bonds. The molecule has 6 aromatic rings. The lowest BCUT2D eigenvalue weighted by atomic mass is 9.73. The zero-order valence-electron chi connectivity index (χ0n) is 23.3. The van der Waals surface area contributed by atoms with Gasteiger partial charge >= 0.3 is 0 Å². The molecule has 2 heterocycles. The molecule has 0 unspecified atom stereocenters. The van der Waals surface area contributed by atoms with Gasteiger partial charge in [0, 0.05) is 40.0 Å². The van der Waals surface area contributed by atoms with Crippen molar-refractivity contribution in [2.24, 2.45) is 0 Å². The maximum absolute atomic E-state index is 4.64. The summed E-state index contributed by atoms with van der Waals surface area (Å²) in [5, 5.41) is 2.32. The van der Waals surface area contributed by atoms with E-state index in [0.29, 0.717) is 0 Å². The number of nitrogens with zero attached hydrogens (tertiary/aromatic N) is 3. The highest BCUT2D eigenvalue weighted by molar-refractivity contribution is 6.00. The standard InChI is InChI=1S/C38H31N3/c1-38(2)33-19-11-12-20-35(33)41(37-27-39-26-29-13-9-10-18-32(29)37)36-22-21-28(25-34(36)38)23-24-40(30-14-5-3-6-15-30)31-16-7-4-8-17-31/h3-27H,1-2H3/b24-23+. The Kier molecular flexibility index (Phi) is 6.13. The maximum Gasteiger partial charge on any atom is 0.0723 e. The molecule has 5 aromatic carbocycles. The van der Waals surface area contributed by atoms with Gasteiger partial charge in [0.05, 0.1) is 23.3 Å². The largest absolute Gasteiger partial charge is 0.317 e. The molecule has 0 saturated carbocycles. The first kappa shape index (κ1) is 24.9. The molecule has 0 spiro atoms.